The van der Waals surface area contributed by atoms with E-state index in [9.17, 15) is 0 Å². The third-order valence-electron chi connectivity index (χ3n) is 3.87. The van der Waals surface area contributed by atoms with E-state index >= 15 is 0 Å². The van der Waals surface area contributed by atoms with Gasteiger partial charge >= 0.3 is 0 Å². The van der Waals surface area contributed by atoms with E-state index in [1.807, 2.05) is 0 Å². The highest BCUT2D eigenvalue weighted by Crippen LogP contribution is 2.30. The molecule has 1 heterocycles. The van der Waals surface area contributed by atoms with Crippen molar-refractivity contribution in [3.63, 3.8) is 0 Å². The van der Waals surface area contributed by atoms with Gasteiger partial charge in [-0.1, -0.05) is 13.3 Å². The SMILES string of the molecule is CCn1nc(C)c(NC2CCCC2C)c1C. The summed E-state index contributed by atoms with van der Waals surface area (Å²) in [5, 5.41) is 8.25. The quantitative estimate of drug-likeness (QED) is 0.850. The lowest BCUT2D eigenvalue weighted by Crippen LogP contribution is -2.22. The maximum atomic E-state index is 4.55. The molecule has 0 saturated heterocycles. The molecule has 0 aliphatic heterocycles. The molecule has 90 valence electrons. The molecule has 1 aromatic rings. The zero-order valence-electron chi connectivity index (χ0n) is 10.9. The van der Waals surface area contributed by atoms with Gasteiger partial charge in [-0.2, -0.15) is 5.10 Å². The summed E-state index contributed by atoms with van der Waals surface area (Å²) in [5.41, 5.74) is 3.68. The van der Waals surface area contributed by atoms with Gasteiger partial charge in [0.15, 0.2) is 0 Å². The van der Waals surface area contributed by atoms with Gasteiger partial charge < -0.3 is 5.32 Å². The number of nitrogens with one attached hydrogen (secondary N) is 1. The van der Waals surface area contributed by atoms with Crippen molar-refractivity contribution < 1.29 is 0 Å². The van der Waals surface area contributed by atoms with Crippen LogP contribution in [-0.2, 0) is 6.54 Å². The van der Waals surface area contributed by atoms with Crippen molar-refractivity contribution in [2.75, 3.05) is 5.32 Å². The highest BCUT2D eigenvalue weighted by atomic mass is 15.3. The molecule has 0 amide bonds. The van der Waals surface area contributed by atoms with E-state index in [4.69, 9.17) is 0 Å². The van der Waals surface area contributed by atoms with E-state index in [2.05, 4.69) is 42.8 Å². The lowest BCUT2D eigenvalue weighted by atomic mass is 10.1. The monoisotopic (exact) mass is 221 g/mol. The second-order valence-corrected chi connectivity index (χ2v) is 5.02. The lowest BCUT2D eigenvalue weighted by molar-refractivity contribution is 0.555. The minimum absolute atomic E-state index is 0.645. The van der Waals surface area contributed by atoms with Gasteiger partial charge in [0.1, 0.15) is 0 Å². The molecule has 2 unspecified atom stereocenters. The molecule has 3 nitrogen and oxygen atoms in total. The summed E-state index contributed by atoms with van der Waals surface area (Å²) >= 11 is 0. The van der Waals surface area contributed by atoms with Crippen molar-refractivity contribution in [2.45, 2.75) is 59.5 Å². The van der Waals surface area contributed by atoms with Crippen molar-refractivity contribution in [1.29, 1.82) is 0 Å². The van der Waals surface area contributed by atoms with Crippen molar-refractivity contribution in [1.82, 2.24) is 9.78 Å². The van der Waals surface area contributed by atoms with Gasteiger partial charge in [0.2, 0.25) is 0 Å². The zero-order chi connectivity index (χ0) is 11.7. The maximum absolute atomic E-state index is 4.55. The van der Waals surface area contributed by atoms with Gasteiger partial charge in [0.25, 0.3) is 0 Å². The molecular formula is C13H23N3. The largest absolute Gasteiger partial charge is 0.379 e. The van der Waals surface area contributed by atoms with Crippen molar-refractivity contribution in [3.8, 4) is 0 Å². The molecule has 2 rings (SSSR count). The minimum Gasteiger partial charge on any atom is -0.379 e. The number of hydrogen-bond acceptors (Lipinski definition) is 2. The van der Waals surface area contributed by atoms with Crippen molar-refractivity contribution in [3.05, 3.63) is 11.4 Å². The van der Waals surface area contributed by atoms with Gasteiger partial charge in [-0.15, -0.1) is 0 Å². The molecule has 0 spiro atoms. The molecule has 1 aliphatic rings. The Morgan fingerprint density at radius 1 is 1.38 bits per heavy atom. The zero-order valence-corrected chi connectivity index (χ0v) is 10.9. The van der Waals surface area contributed by atoms with E-state index in [-0.39, 0.29) is 0 Å². The van der Waals surface area contributed by atoms with E-state index in [0.717, 1.165) is 18.2 Å². The number of hydrogen-bond donors (Lipinski definition) is 1. The lowest BCUT2D eigenvalue weighted by Gasteiger charge is -2.18. The van der Waals surface area contributed by atoms with Crippen LogP contribution in [0.3, 0.4) is 0 Å². The summed E-state index contributed by atoms with van der Waals surface area (Å²) in [7, 11) is 0. The van der Waals surface area contributed by atoms with E-state index in [1.165, 1.54) is 30.6 Å². The molecule has 1 aliphatic carbocycles. The van der Waals surface area contributed by atoms with E-state index in [1.54, 1.807) is 0 Å². The fourth-order valence-corrected chi connectivity index (χ4v) is 2.76. The first kappa shape index (κ1) is 11.5. The fourth-order valence-electron chi connectivity index (χ4n) is 2.76. The molecule has 0 radical (unpaired) electrons. The smallest absolute Gasteiger partial charge is 0.0828 e. The van der Waals surface area contributed by atoms with Gasteiger partial charge in [-0.25, -0.2) is 0 Å². The molecule has 2 atom stereocenters. The van der Waals surface area contributed by atoms with Gasteiger partial charge in [-0.3, -0.25) is 4.68 Å². The van der Waals surface area contributed by atoms with Crippen LogP contribution in [0.25, 0.3) is 0 Å². The molecule has 1 saturated carbocycles. The second-order valence-electron chi connectivity index (χ2n) is 5.02. The van der Waals surface area contributed by atoms with Crippen molar-refractivity contribution >= 4 is 5.69 Å². The van der Waals surface area contributed by atoms with Gasteiger partial charge in [-0.05, 0) is 39.5 Å². The Kier molecular flexibility index (Phi) is 3.22. The molecule has 0 bridgehead atoms. The Morgan fingerprint density at radius 2 is 2.12 bits per heavy atom. The Labute approximate surface area is 98.2 Å². The summed E-state index contributed by atoms with van der Waals surface area (Å²) in [6, 6.07) is 0.645. The Balaban J connectivity index is 2.17. The Morgan fingerprint density at radius 3 is 2.62 bits per heavy atom. The van der Waals surface area contributed by atoms with Crippen LogP contribution in [0.1, 0.15) is 44.5 Å². The van der Waals surface area contributed by atoms with Crippen LogP contribution in [0.15, 0.2) is 0 Å². The van der Waals surface area contributed by atoms with Crippen LogP contribution in [0.4, 0.5) is 5.69 Å². The molecule has 1 N–H and O–H groups in total. The van der Waals surface area contributed by atoms with Gasteiger partial charge in [0, 0.05) is 12.6 Å². The predicted molar refractivity (Wildman–Crippen MR) is 67.8 cm³/mol. The highest BCUT2D eigenvalue weighted by molar-refractivity contribution is 5.53. The number of anilines is 1. The van der Waals surface area contributed by atoms with E-state index < -0.39 is 0 Å². The average Bonchev–Trinajstić information content (AvgIpc) is 2.77. The standard InChI is InChI=1S/C13H23N3/c1-5-16-11(4)13(10(3)15-16)14-12-8-6-7-9(12)2/h9,12,14H,5-8H2,1-4H3. The predicted octanol–water partition coefficient (Wildman–Crippen LogP) is 3.12. The third kappa shape index (κ3) is 1.95. The topological polar surface area (TPSA) is 29.9 Å². The normalized spacial score (nSPS) is 25.0. The molecular weight excluding hydrogens is 198 g/mol. The number of aromatic nitrogens is 2. The van der Waals surface area contributed by atoms with Gasteiger partial charge in [0.05, 0.1) is 17.1 Å². The number of rotatable bonds is 3. The average molecular weight is 221 g/mol. The van der Waals surface area contributed by atoms with E-state index in [0.29, 0.717) is 6.04 Å². The minimum atomic E-state index is 0.645. The van der Waals surface area contributed by atoms with Crippen LogP contribution >= 0.6 is 0 Å². The summed E-state index contributed by atoms with van der Waals surface area (Å²) in [6.45, 7) is 9.70. The first-order chi connectivity index (χ1) is 7.63. The first-order valence-corrected chi connectivity index (χ1v) is 6.44. The third-order valence-corrected chi connectivity index (χ3v) is 3.87. The first-order valence-electron chi connectivity index (χ1n) is 6.44. The Bertz CT molecular complexity index is 367. The molecule has 0 aromatic carbocycles. The summed E-state index contributed by atoms with van der Waals surface area (Å²) in [4.78, 5) is 0. The molecule has 1 fully saturated rings. The number of nitrogens with zero attached hydrogens (tertiary/aromatic N) is 2. The Hall–Kier alpha value is -0.990. The molecule has 16 heavy (non-hydrogen) atoms. The van der Waals surface area contributed by atoms with Crippen LogP contribution in [0.2, 0.25) is 0 Å². The summed E-state index contributed by atoms with van der Waals surface area (Å²) in [6.07, 6.45) is 4.02. The molecule has 1 aromatic heterocycles. The summed E-state index contributed by atoms with van der Waals surface area (Å²) < 4.78 is 2.08. The highest BCUT2D eigenvalue weighted by Gasteiger charge is 2.24. The van der Waals surface area contributed by atoms with Crippen LogP contribution < -0.4 is 5.32 Å². The molecule has 3 heteroatoms. The summed E-state index contributed by atoms with van der Waals surface area (Å²) in [5.74, 6) is 0.795. The van der Waals surface area contributed by atoms with Crippen LogP contribution in [0, 0.1) is 19.8 Å². The fraction of sp³-hybridized carbons (Fsp3) is 0.769. The number of aryl methyl sites for hydroxylation is 2. The van der Waals surface area contributed by atoms with Crippen LogP contribution in [0.5, 0.6) is 0 Å². The van der Waals surface area contributed by atoms with Crippen molar-refractivity contribution in [2.24, 2.45) is 5.92 Å². The second kappa shape index (κ2) is 4.48. The van der Waals surface area contributed by atoms with Crippen LogP contribution in [-0.4, -0.2) is 15.8 Å². The maximum Gasteiger partial charge on any atom is 0.0828 e.